The number of aromatic nitrogens is 2. The third kappa shape index (κ3) is 3.54. The predicted molar refractivity (Wildman–Crippen MR) is 98.9 cm³/mol. The maximum absolute atomic E-state index is 6.35. The summed E-state index contributed by atoms with van der Waals surface area (Å²) in [5, 5.41) is 4.22. The maximum atomic E-state index is 6.35. The molecule has 2 aliphatic heterocycles. The van der Waals surface area contributed by atoms with Crippen molar-refractivity contribution in [1.29, 1.82) is 0 Å². The van der Waals surface area contributed by atoms with Crippen LogP contribution in [0.5, 0.6) is 11.5 Å². The highest BCUT2D eigenvalue weighted by molar-refractivity contribution is 6.32. The molecule has 140 valence electrons. The van der Waals surface area contributed by atoms with Crippen molar-refractivity contribution in [2.75, 3.05) is 19.8 Å². The molecule has 0 bridgehead atoms. The van der Waals surface area contributed by atoms with Crippen LogP contribution >= 0.6 is 11.6 Å². The fraction of sp³-hybridized carbons (Fsp3) is 0.526. The van der Waals surface area contributed by atoms with Gasteiger partial charge in [0.15, 0.2) is 11.5 Å². The molecule has 0 saturated carbocycles. The van der Waals surface area contributed by atoms with E-state index in [-0.39, 0.29) is 12.1 Å². The Morgan fingerprint density at radius 2 is 2.15 bits per heavy atom. The van der Waals surface area contributed by atoms with Crippen molar-refractivity contribution in [2.45, 2.75) is 45.0 Å². The fourth-order valence-corrected chi connectivity index (χ4v) is 3.89. The molecule has 1 aromatic carbocycles. The molecule has 4 rings (SSSR count). The Morgan fingerprint density at radius 3 is 3.04 bits per heavy atom. The first-order chi connectivity index (χ1) is 12.8. The molecular formula is C19H24ClN3O3. The van der Waals surface area contributed by atoms with E-state index >= 15 is 0 Å². The van der Waals surface area contributed by atoms with Crippen LogP contribution in [0.4, 0.5) is 0 Å². The zero-order valence-electron chi connectivity index (χ0n) is 14.9. The van der Waals surface area contributed by atoms with Crippen molar-refractivity contribution in [3.8, 4) is 11.5 Å². The normalized spacial score (nSPS) is 22.4. The molecule has 2 atom stereocenters. The smallest absolute Gasteiger partial charge is 0.179 e. The maximum Gasteiger partial charge on any atom is 0.179 e. The van der Waals surface area contributed by atoms with Crippen LogP contribution in [-0.2, 0) is 17.8 Å². The van der Waals surface area contributed by atoms with Gasteiger partial charge >= 0.3 is 0 Å². The van der Waals surface area contributed by atoms with Gasteiger partial charge in [-0.2, -0.15) is 0 Å². The Balaban J connectivity index is 1.48. The largest absolute Gasteiger partial charge is 0.486 e. The van der Waals surface area contributed by atoms with Crippen molar-refractivity contribution in [3.05, 3.63) is 40.9 Å². The average Bonchev–Trinajstić information content (AvgIpc) is 3.15. The summed E-state index contributed by atoms with van der Waals surface area (Å²) in [5.41, 5.74) is 1.07. The first kappa shape index (κ1) is 17.6. The predicted octanol–water partition coefficient (Wildman–Crippen LogP) is 3.34. The Labute approximate surface area is 158 Å². The van der Waals surface area contributed by atoms with Crippen LogP contribution in [0.1, 0.15) is 37.3 Å². The van der Waals surface area contributed by atoms with Gasteiger partial charge in [0.1, 0.15) is 25.1 Å². The summed E-state index contributed by atoms with van der Waals surface area (Å²) in [7, 11) is 0. The lowest BCUT2D eigenvalue weighted by Gasteiger charge is -2.32. The van der Waals surface area contributed by atoms with E-state index in [0.29, 0.717) is 30.5 Å². The monoisotopic (exact) mass is 377 g/mol. The van der Waals surface area contributed by atoms with E-state index in [9.17, 15) is 0 Å². The highest BCUT2D eigenvalue weighted by atomic mass is 35.5. The summed E-state index contributed by atoms with van der Waals surface area (Å²) < 4.78 is 19.5. The van der Waals surface area contributed by atoms with Gasteiger partial charge in [-0.25, -0.2) is 4.98 Å². The van der Waals surface area contributed by atoms with E-state index in [1.807, 2.05) is 24.5 Å². The van der Waals surface area contributed by atoms with E-state index in [0.717, 1.165) is 43.1 Å². The molecule has 1 saturated heterocycles. The molecule has 26 heavy (non-hydrogen) atoms. The van der Waals surface area contributed by atoms with Crippen LogP contribution in [0.3, 0.4) is 0 Å². The number of fused-ring (bicyclic) bond motifs is 1. The number of benzene rings is 1. The molecule has 0 aliphatic carbocycles. The third-order valence-corrected chi connectivity index (χ3v) is 5.17. The minimum atomic E-state index is -0.0358. The number of hydrogen-bond acceptors (Lipinski definition) is 5. The average molecular weight is 378 g/mol. The van der Waals surface area contributed by atoms with Gasteiger partial charge in [-0.15, -0.1) is 0 Å². The lowest BCUT2D eigenvalue weighted by atomic mass is 10.0. The Hall–Kier alpha value is -1.76. The molecule has 2 aliphatic rings. The zero-order valence-corrected chi connectivity index (χ0v) is 15.7. The molecule has 6 nitrogen and oxygen atoms in total. The topological polar surface area (TPSA) is 57.5 Å². The number of nitrogens with zero attached hydrogens (tertiary/aromatic N) is 2. The van der Waals surface area contributed by atoms with E-state index in [4.69, 9.17) is 25.8 Å². The SMILES string of the molecule is CCn1ccnc1[C@H]1OCCC[C@@H]1NCc1cc(Cl)c2c(c1)OCCO2. The van der Waals surface area contributed by atoms with Crippen LogP contribution in [0, 0.1) is 0 Å². The minimum Gasteiger partial charge on any atom is -0.486 e. The number of imidazole rings is 1. The van der Waals surface area contributed by atoms with Gasteiger partial charge in [-0.1, -0.05) is 11.6 Å². The Kier molecular flexibility index (Phi) is 5.33. The molecule has 0 unspecified atom stereocenters. The van der Waals surface area contributed by atoms with E-state index in [1.54, 1.807) is 0 Å². The summed E-state index contributed by atoms with van der Waals surface area (Å²) in [6.07, 6.45) is 5.91. The summed E-state index contributed by atoms with van der Waals surface area (Å²) >= 11 is 6.35. The van der Waals surface area contributed by atoms with Gasteiger partial charge in [-0.3, -0.25) is 0 Å². The summed E-state index contributed by atoms with van der Waals surface area (Å²) in [4.78, 5) is 4.53. The van der Waals surface area contributed by atoms with Crippen molar-refractivity contribution < 1.29 is 14.2 Å². The summed E-state index contributed by atoms with van der Waals surface area (Å²) in [6.45, 7) is 5.56. The van der Waals surface area contributed by atoms with E-state index in [2.05, 4.69) is 21.8 Å². The van der Waals surface area contributed by atoms with Crippen LogP contribution in [0.15, 0.2) is 24.5 Å². The number of ether oxygens (including phenoxy) is 3. The minimum absolute atomic E-state index is 0.0358. The quantitative estimate of drug-likeness (QED) is 0.866. The van der Waals surface area contributed by atoms with Gasteiger partial charge in [0.05, 0.1) is 5.02 Å². The summed E-state index contributed by atoms with van der Waals surface area (Å²) in [6, 6.07) is 4.15. The third-order valence-electron chi connectivity index (χ3n) is 4.89. The summed E-state index contributed by atoms with van der Waals surface area (Å²) in [5.74, 6) is 2.36. The highest BCUT2D eigenvalue weighted by Crippen LogP contribution is 2.38. The number of halogens is 1. The lowest BCUT2D eigenvalue weighted by Crippen LogP contribution is -2.40. The number of rotatable bonds is 5. The molecule has 1 N–H and O–H groups in total. The van der Waals surface area contributed by atoms with Crippen molar-refractivity contribution in [3.63, 3.8) is 0 Å². The number of hydrogen-bond donors (Lipinski definition) is 1. The molecular weight excluding hydrogens is 354 g/mol. The molecule has 2 aromatic rings. The molecule has 1 aromatic heterocycles. The van der Waals surface area contributed by atoms with E-state index < -0.39 is 0 Å². The van der Waals surface area contributed by atoms with Gasteiger partial charge in [0.2, 0.25) is 0 Å². The molecule has 0 radical (unpaired) electrons. The first-order valence-corrected chi connectivity index (χ1v) is 9.58. The van der Waals surface area contributed by atoms with Crippen molar-refractivity contribution in [2.24, 2.45) is 0 Å². The van der Waals surface area contributed by atoms with Crippen molar-refractivity contribution >= 4 is 11.6 Å². The van der Waals surface area contributed by atoms with Gasteiger partial charge in [0.25, 0.3) is 0 Å². The Morgan fingerprint density at radius 1 is 1.27 bits per heavy atom. The second-order valence-electron chi connectivity index (χ2n) is 6.59. The number of nitrogens with one attached hydrogen (secondary N) is 1. The molecule has 3 heterocycles. The molecule has 0 amide bonds. The van der Waals surface area contributed by atoms with Gasteiger partial charge in [-0.05, 0) is 37.5 Å². The van der Waals surface area contributed by atoms with Crippen LogP contribution in [-0.4, -0.2) is 35.4 Å². The number of aryl methyl sites for hydroxylation is 1. The zero-order chi connectivity index (χ0) is 17.9. The highest BCUT2D eigenvalue weighted by Gasteiger charge is 2.30. The second kappa shape index (κ2) is 7.86. The van der Waals surface area contributed by atoms with Crippen molar-refractivity contribution in [1.82, 2.24) is 14.9 Å². The first-order valence-electron chi connectivity index (χ1n) is 9.20. The van der Waals surface area contributed by atoms with Gasteiger partial charge < -0.3 is 24.1 Å². The van der Waals surface area contributed by atoms with Crippen LogP contribution in [0.2, 0.25) is 5.02 Å². The van der Waals surface area contributed by atoms with Crippen LogP contribution in [0.25, 0.3) is 0 Å². The van der Waals surface area contributed by atoms with Gasteiger partial charge in [0, 0.05) is 38.1 Å². The Bertz CT molecular complexity index is 764. The lowest BCUT2D eigenvalue weighted by molar-refractivity contribution is -0.0182. The molecule has 1 fully saturated rings. The van der Waals surface area contributed by atoms with E-state index in [1.165, 1.54) is 0 Å². The fourth-order valence-electron chi connectivity index (χ4n) is 3.60. The molecule has 0 spiro atoms. The standard InChI is InChI=1S/C19H24ClN3O3/c1-2-23-6-5-21-19(23)18-15(4-3-7-25-18)22-12-13-10-14(20)17-16(11-13)24-8-9-26-17/h5-6,10-11,15,18,22H,2-4,7-9,12H2,1H3/t15-,18-/m0/s1. The second-order valence-corrected chi connectivity index (χ2v) is 7.00. The molecule has 7 heteroatoms. The van der Waals surface area contributed by atoms with Crippen LogP contribution < -0.4 is 14.8 Å².